The maximum absolute atomic E-state index is 12.8. The molecule has 0 atom stereocenters. The van der Waals surface area contributed by atoms with Gasteiger partial charge in [0.05, 0.1) is 5.57 Å². The monoisotopic (exact) mass is 493 g/mol. The smallest absolute Gasteiger partial charge is 0.283 e. The van der Waals surface area contributed by atoms with Gasteiger partial charge in [0.1, 0.15) is 5.04 Å². The summed E-state index contributed by atoms with van der Waals surface area (Å²) >= 11 is 9.35. The SMILES string of the molecule is Cc1c(Cl)cccc1-n1c(C)cc(/C=C2/C(=N)N3N=C(Cc4cccs4)SC3=NC2=O)c1C. The van der Waals surface area contributed by atoms with Gasteiger partial charge in [-0.15, -0.1) is 11.3 Å². The van der Waals surface area contributed by atoms with Crippen molar-refractivity contribution in [2.45, 2.75) is 27.2 Å². The number of halogens is 1. The van der Waals surface area contributed by atoms with Gasteiger partial charge in [-0.25, -0.2) is 0 Å². The normalized spacial score (nSPS) is 17.0. The first-order valence-electron chi connectivity index (χ1n) is 10.3. The molecule has 5 rings (SSSR count). The molecule has 0 bridgehead atoms. The quantitative estimate of drug-likeness (QED) is 0.454. The van der Waals surface area contributed by atoms with Crippen molar-refractivity contribution in [3.8, 4) is 5.69 Å². The van der Waals surface area contributed by atoms with E-state index in [0.717, 1.165) is 33.2 Å². The Kier molecular flexibility index (Phi) is 5.60. The van der Waals surface area contributed by atoms with Crippen molar-refractivity contribution in [3.63, 3.8) is 0 Å². The Morgan fingerprint density at radius 3 is 2.76 bits per heavy atom. The highest BCUT2D eigenvalue weighted by atomic mass is 35.5. The van der Waals surface area contributed by atoms with E-state index in [1.165, 1.54) is 21.6 Å². The number of hydrazone groups is 1. The van der Waals surface area contributed by atoms with Crippen LogP contribution in [0.5, 0.6) is 0 Å². The Hall–Kier alpha value is -2.94. The van der Waals surface area contributed by atoms with Crippen LogP contribution >= 0.6 is 34.7 Å². The van der Waals surface area contributed by atoms with Gasteiger partial charge in [0, 0.05) is 33.4 Å². The van der Waals surface area contributed by atoms with E-state index in [-0.39, 0.29) is 11.4 Å². The van der Waals surface area contributed by atoms with Crippen molar-refractivity contribution in [1.29, 1.82) is 5.41 Å². The van der Waals surface area contributed by atoms with Crippen LogP contribution < -0.4 is 0 Å². The van der Waals surface area contributed by atoms with E-state index in [2.05, 4.69) is 14.7 Å². The highest BCUT2D eigenvalue weighted by molar-refractivity contribution is 8.27. The lowest BCUT2D eigenvalue weighted by molar-refractivity contribution is -0.114. The van der Waals surface area contributed by atoms with Gasteiger partial charge in [0.25, 0.3) is 5.91 Å². The number of fused-ring (bicyclic) bond motifs is 1. The second kappa shape index (κ2) is 8.44. The Morgan fingerprint density at radius 1 is 1.18 bits per heavy atom. The topological polar surface area (TPSA) is 73.8 Å². The van der Waals surface area contributed by atoms with Gasteiger partial charge in [-0.05, 0) is 79.4 Å². The molecule has 166 valence electrons. The summed E-state index contributed by atoms with van der Waals surface area (Å²) in [7, 11) is 0. The third kappa shape index (κ3) is 3.88. The lowest BCUT2D eigenvalue weighted by Gasteiger charge is -2.20. The van der Waals surface area contributed by atoms with E-state index in [9.17, 15) is 4.79 Å². The summed E-state index contributed by atoms with van der Waals surface area (Å²) in [6.45, 7) is 5.99. The van der Waals surface area contributed by atoms with Crippen LogP contribution in [0.3, 0.4) is 0 Å². The first kappa shape index (κ1) is 21.9. The molecule has 0 spiro atoms. The molecule has 2 aliphatic rings. The number of nitrogens with zero attached hydrogens (tertiary/aromatic N) is 4. The van der Waals surface area contributed by atoms with Crippen LogP contribution in [0.1, 0.15) is 27.4 Å². The molecular formula is C24H20ClN5OS2. The zero-order chi connectivity index (χ0) is 23.3. The second-order valence-electron chi connectivity index (χ2n) is 7.82. The molecule has 0 radical (unpaired) electrons. The highest BCUT2D eigenvalue weighted by Crippen LogP contribution is 2.32. The van der Waals surface area contributed by atoms with Crippen molar-refractivity contribution in [1.82, 2.24) is 9.58 Å². The maximum Gasteiger partial charge on any atom is 0.283 e. The number of carbonyl (C=O) groups is 1. The number of benzene rings is 1. The molecule has 1 aromatic carbocycles. The molecule has 3 aromatic rings. The van der Waals surface area contributed by atoms with Gasteiger partial charge in [-0.2, -0.15) is 15.1 Å². The molecule has 33 heavy (non-hydrogen) atoms. The minimum absolute atomic E-state index is 0.0439. The number of thiophene rings is 1. The molecule has 2 aromatic heterocycles. The number of amidine groups is 2. The van der Waals surface area contributed by atoms with E-state index in [4.69, 9.17) is 17.0 Å². The second-order valence-corrected chi connectivity index (χ2v) is 10.3. The fourth-order valence-corrected chi connectivity index (χ4v) is 5.84. The maximum atomic E-state index is 12.8. The Balaban J connectivity index is 1.49. The average Bonchev–Trinajstić information content (AvgIpc) is 3.48. The van der Waals surface area contributed by atoms with Gasteiger partial charge in [0.2, 0.25) is 5.17 Å². The first-order chi connectivity index (χ1) is 15.8. The standard InChI is InChI=1S/C24H20ClN5OS2/c1-13-10-16(15(3)29(13)20-8-4-7-19(25)14(20)2)11-18-22(26)30-24(27-23(18)31)33-21(28-30)12-17-6-5-9-32-17/h4-11,26H,12H2,1-3H3/b18-11-,26-22?. The molecule has 9 heteroatoms. The molecule has 1 amide bonds. The number of aryl methyl sites for hydroxylation is 1. The molecule has 1 N–H and O–H groups in total. The number of carbonyl (C=O) groups excluding carboxylic acids is 1. The Labute approximate surface area is 204 Å². The summed E-state index contributed by atoms with van der Waals surface area (Å²) in [4.78, 5) is 18.2. The molecule has 4 heterocycles. The van der Waals surface area contributed by atoms with Gasteiger partial charge >= 0.3 is 0 Å². The van der Waals surface area contributed by atoms with Crippen LogP contribution in [0.2, 0.25) is 5.02 Å². The number of amides is 1. The van der Waals surface area contributed by atoms with Gasteiger partial charge < -0.3 is 4.57 Å². The van der Waals surface area contributed by atoms with Gasteiger partial charge in [-0.1, -0.05) is 23.7 Å². The fourth-order valence-electron chi connectivity index (χ4n) is 3.96. The fraction of sp³-hybridized carbons (Fsp3) is 0.167. The van der Waals surface area contributed by atoms with Gasteiger partial charge in [-0.3, -0.25) is 10.2 Å². The van der Waals surface area contributed by atoms with Crippen LogP contribution in [0, 0.1) is 26.2 Å². The summed E-state index contributed by atoms with van der Waals surface area (Å²) < 4.78 is 2.11. The molecule has 0 aliphatic carbocycles. The Bertz CT molecular complexity index is 1400. The number of hydrogen-bond acceptors (Lipinski definition) is 5. The van der Waals surface area contributed by atoms with Crippen molar-refractivity contribution in [2.75, 3.05) is 0 Å². The van der Waals surface area contributed by atoms with Crippen LogP contribution in [0.4, 0.5) is 0 Å². The lowest BCUT2D eigenvalue weighted by atomic mass is 10.1. The van der Waals surface area contributed by atoms with Crippen LogP contribution in [-0.4, -0.2) is 31.5 Å². The third-order valence-electron chi connectivity index (χ3n) is 5.65. The molecule has 0 saturated carbocycles. The lowest BCUT2D eigenvalue weighted by Crippen LogP contribution is -2.35. The van der Waals surface area contributed by atoms with Crippen molar-refractivity contribution < 1.29 is 4.79 Å². The van der Waals surface area contributed by atoms with Crippen LogP contribution in [-0.2, 0) is 11.2 Å². The molecule has 0 unspecified atom stereocenters. The van der Waals surface area contributed by atoms with E-state index in [1.54, 1.807) is 17.4 Å². The minimum Gasteiger partial charge on any atom is -0.318 e. The van der Waals surface area contributed by atoms with E-state index in [0.29, 0.717) is 16.6 Å². The molecule has 0 fully saturated rings. The Morgan fingerprint density at radius 2 is 2.00 bits per heavy atom. The molecular weight excluding hydrogens is 474 g/mol. The molecule has 0 saturated heterocycles. The van der Waals surface area contributed by atoms with Crippen molar-refractivity contribution in [3.05, 3.63) is 79.8 Å². The van der Waals surface area contributed by atoms with E-state index >= 15 is 0 Å². The van der Waals surface area contributed by atoms with Gasteiger partial charge in [0.15, 0.2) is 5.84 Å². The van der Waals surface area contributed by atoms with Crippen molar-refractivity contribution in [2.24, 2.45) is 10.1 Å². The molecule has 6 nitrogen and oxygen atoms in total. The first-order valence-corrected chi connectivity index (χ1v) is 12.4. The predicted octanol–water partition coefficient (Wildman–Crippen LogP) is 5.98. The third-order valence-corrected chi connectivity index (χ3v) is 7.85. The molecule has 2 aliphatic heterocycles. The largest absolute Gasteiger partial charge is 0.318 e. The van der Waals surface area contributed by atoms with Crippen molar-refractivity contribution >= 4 is 62.7 Å². The van der Waals surface area contributed by atoms with E-state index in [1.807, 2.05) is 62.5 Å². The highest BCUT2D eigenvalue weighted by Gasteiger charge is 2.35. The average molecular weight is 494 g/mol. The number of nitrogens with one attached hydrogen (secondary N) is 1. The summed E-state index contributed by atoms with van der Waals surface area (Å²) in [6, 6.07) is 11.9. The van der Waals surface area contributed by atoms with Crippen LogP contribution in [0.25, 0.3) is 11.8 Å². The number of aromatic nitrogens is 1. The number of thioether (sulfide) groups is 1. The summed E-state index contributed by atoms with van der Waals surface area (Å²) in [5, 5.41) is 18.7. The predicted molar refractivity (Wildman–Crippen MR) is 138 cm³/mol. The summed E-state index contributed by atoms with van der Waals surface area (Å²) in [5.74, 6) is -0.377. The van der Waals surface area contributed by atoms with E-state index < -0.39 is 5.91 Å². The number of hydrogen-bond donors (Lipinski definition) is 1. The van der Waals surface area contributed by atoms with Crippen LogP contribution in [0.15, 0.2) is 57.4 Å². The number of rotatable bonds is 4. The zero-order valence-electron chi connectivity index (χ0n) is 18.2. The summed E-state index contributed by atoms with van der Waals surface area (Å²) in [5.41, 5.74) is 5.02. The summed E-state index contributed by atoms with van der Waals surface area (Å²) in [6.07, 6.45) is 2.40. The minimum atomic E-state index is -0.421. The number of aliphatic imine (C=N–C) groups is 1. The zero-order valence-corrected chi connectivity index (χ0v) is 20.6.